The highest BCUT2D eigenvalue weighted by molar-refractivity contribution is 5.70. The molecule has 2 N–H and O–H groups in total. The van der Waals surface area contributed by atoms with Gasteiger partial charge in [-0.05, 0) is 55.7 Å². The van der Waals surface area contributed by atoms with E-state index in [0.717, 1.165) is 27.9 Å². The highest BCUT2D eigenvalue weighted by Crippen LogP contribution is 2.33. The van der Waals surface area contributed by atoms with E-state index in [1.165, 1.54) is 0 Å². The number of phenolic OH excluding ortho intramolecular Hbond substituents is 1. The van der Waals surface area contributed by atoms with E-state index in [9.17, 15) is 10.2 Å². The smallest absolute Gasteiger partial charge is 0.141 e. The molecule has 3 rings (SSSR count). The van der Waals surface area contributed by atoms with Gasteiger partial charge in [0.2, 0.25) is 0 Å². The Morgan fingerprint density at radius 2 is 1.65 bits per heavy atom. The molecule has 0 radical (unpaired) electrons. The molecule has 118 valence electrons. The van der Waals surface area contributed by atoms with Gasteiger partial charge in [-0.15, -0.1) is 0 Å². The summed E-state index contributed by atoms with van der Waals surface area (Å²) in [6, 6.07) is 12.8. The van der Waals surface area contributed by atoms with Crippen molar-refractivity contribution >= 4 is 0 Å². The Bertz CT molecular complexity index is 815. The Balaban J connectivity index is 2.05. The van der Waals surface area contributed by atoms with Crippen molar-refractivity contribution in [1.82, 2.24) is 5.16 Å². The van der Waals surface area contributed by atoms with Gasteiger partial charge < -0.3 is 14.7 Å². The highest BCUT2D eigenvalue weighted by atomic mass is 16.5. The standard InChI is InChI=1S/C19H19NO3/c1-11-4-6-14(7-5-11)19(22)16-8-15(9-17(21)10-16)18-12(2)20-23-13(18)3/h4-10,19,21-22H,1-3H3. The molecule has 1 unspecified atom stereocenters. The number of phenols is 1. The average molecular weight is 309 g/mol. The molecule has 0 spiro atoms. The van der Waals surface area contributed by atoms with Crippen LogP contribution in [0.25, 0.3) is 11.1 Å². The maximum Gasteiger partial charge on any atom is 0.141 e. The summed E-state index contributed by atoms with van der Waals surface area (Å²) >= 11 is 0. The van der Waals surface area contributed by atoms with Crippen LogP contribution >= 0.6 is 0 Å². The van der Waals surface area contributed by atoms with Crippen molar-refractivity contribution in [1.29, 1.82) is 0 Å². The lowest BCUT2D eigenvalue weighted by atomic mass is 9.95. The second-order valence-electron chi connectivity index (χ2n) is 5.83. The molecule has 4 nitrogen and oxygen atoms in total. The molecule has 2 aromatic carbocycles. The van der Waals surface area contributed by atoms with Gasteiger partial charge in [-0.25, -0.2) is 0 Å². The number of aryl methyl sites for hydroxylation is 3. The predicted octanol–water partition coefficient (Wildman–Crippen LogP) is 4.05. The van der Waals surface area contributed by atoms with Gasteiger partial charge in [0, 0.05) is 5.56 Å². The normalized spacial score (nSPS) is 12.3. The molecule has 0 saturated heterocycles. The van der Waals surface area contributed by atoms with Crippen molar-refractivity contribution in [3.63, 3.8) is 0 Å². The van der Waals surface area contributed by atoms with Crippen LogP contribution in [-0.4, -0.2) is 15.4 Å². The van der Waals surface area contributed by atoms with Gasteiger partial charge in [-0.3, -0.25) is 0 Å². The van der Waals surface area contributed by atoms with Crippen molar-refractivity contribution in [3.8, 4) is 16.9 Å². The molecule has 1 heterocycles. The molecule has 0 amide bonds. The maximum absolute atomic E-state index is 10.6. The van der Waals surface area contributed by atoms with Crippen LogP contribution in [0.5, 0.6) is 5.75 Å². The summed E-state index contributed by atoms with van der Waals surface area (Å²) < 4.78 is 5.19. The third-order valence-electron chi connectivity index (χ3n) is 3.97. The molecule has 0 fully saturated rings. The van der Waals surface area contributed by atoms with Gasteiger partial charge in [-0.2, -0.15) is 0 Å². The third-order valence-corrected chi connectivity index (χ3v) is 3.97. The Morgan fingerprint density at radius 3 is 2.26 bits per heavy atom. The summed E-state index contributed by atoms with van der Waals surface area (Å²) in [5.41, 5.74) is 4.92. The lowest BCUT2D eigenvalue weighted by Gasteiger charge is -2.14. The minimum absolute atomic E-state index is 0.101. The largest absolute Gasteiger partial charge is 0.508 e. The van der Waals surface area contributed by atoms with Crippen LogP contribution < -0.4 is 0 Å². The van der Waals surface area contributed by atoms with Crippen LogP contribution in [0.3, 0.4) is 0 Å². The van der Waals surface area contributed by atoms with Crippen LogP contribution in [0, 0.1) is 20.8 Å². The Kier molecular flexibility index (Phi) is 3.92. The second kappa shape index (κ2) is 5.89. The highest BCUT2D eigenvalue weighted by Gasteiger charge is 2.17. The van der Waals surface area contributed by atoms with Crippen LogP contribution in [0.4, 0.5) is 0 Å². The van der Waals surface area contributed by atoms with Crippen molar-refractivity contribution in [3.05, 3.63) is 70.6 Å². The fourth-order valence-corrected chi connectivity index (χ4v) is 2.77. The minimum Gasteiger partial charge on any atom is -0.508 e. The Labute approximate surface area is 135 Å². The topological polar surface area (TPSA) is 66.5 Å². The zero-order valence-corrected chi connectivity index (χ0v) is 13.4. The van der Waals surface area contributed by atoms with E-state index < -0.39 is 6.10 Å². The van der Waals surface area contributed by atoms with E-state index in [2.05, 4.69) is 5.16 Å². The fourth-order valence-electron chi connectivity index (χ4n) is 2.77. The van der Waals surface area contributed by atoms with Crippen LogP contribution in [0.2, 0.25) is 0 Å². The van der Waals surface area contributed by atoms with Gasteiger partial charge in [-0.1, -0.05) is 35.0 Å². The summed E-state index contributed by atoms with van der Waals surface area (Å²) in [7, 11) is 0. The van der Waals surface area contributed by atoms with Crippen molar-refractivity contribution in [2.45, 2.75) is 26.9 Å². The predicted molar refractivity (Wildman–Crippen MR) is 88.3 cm³/mol. The van der Waals surface area contributed by atoms with Gasteiger partial charge in [0.1, 0.15) is 17.6 Å². The first-order chi connectivity index (χ1) is 11.0. The minimum atomic E-state index is -0.804. The van der Waals surface area contributed by atoms with Gasteiger partial charge in [0.05, 0.1) is 5.69 Å². The molecule has 0 aliphatic carbocycles. The van der Waals surface area contributed by atoms with E-state index in [1.807, 2.05) is 51.1 Å². The first kappa shape index (κ1) is 15.3. The molecular weight excluding hydrogens is 290 g/mol. The first-order valence-corrected chi connectivity index (χ1v) is 7.47. The summed E-state index contributed by atoms with van der Waals surface area (Å²) in [4.78, 5) is 0. The zero-order valence-electron chi connectivity index (χ0n) is 13.4. The molecule has 1 atom stereocenters. The number of nitrogens with zero attached hydrogens (tertiary/aromatic N) is 1. The van der Waals surface area contributed by atoms with Crippen LogP contribution in [0.15, 0.2) is 47.0 Å². The number of hydrogen-bond donors (Lipinski definition) is 2. The number of rotatable bonds is 3. The zero-order chi connectivity index (χ0) is 16.6. The van der Waals surface area contributed by atoms with E-state index in [1.54, 1.807) is 12.1 Å². The molecule has 23 heavy (non-hydrogen) atoms. The van der Waals surface area contributed by atoms with Crippen molar-refractivity contribution in [2.24, 2.45) is 0 Å². The molecule has 0 aliphatic rings. The Hall–Kier alpha value is -2.59. The summed E-state index contributed by atoms with van der Waals surface area (Å²) in [6.07, 6.45) is -0.804. The molecule has 0 bridgehead atoms. The fraction of sp³-hybridized carbons (Fsp3) is 0.211. The van der Waals surface area contributed by atoms with Crippen molar-refractivity contribution < 1.29 is 14.7 Å². The lowest BCUT2D eigenvalue weighted by molar-refractivity contribution is 0.220. The van der Waals surface area contributed by atoms with E-state index in [4.69, 9.17) is 4.52 Å². The van der Waals surface area contributed by atoms with Crippen LogP contribution in [-0.2, 0) is 0 Å². The second-order valence-corrected chi connectivity index (χ2v) is 5.83. The summed E-state index contributed by atoms with van der Waals surface area (Å²) in [5, 5.41) is 24.6. The maximum atomic E-state index is 10.6. The average Bonchev–Trinajstić information content (AvgIpc) is 2.85. The van der Waals surface area contributed by atoms with Gasteiger partial charge in [0.15, 0.2) is 0 Å². The SMILES string of the molecule is Cc1ccc(C(O)c2cc(O)cc(-c3c(C)noc3C)c2)cc1. The Morgan fingerprint density at radius 1 is 0.957 bits per heavy atom. The van der Waals surface area contributed by atoms with Gasteiger partial charge in [0.25, 0.3) is 0 Å². The number of benzene rings is 2. The number of aliphatic hydroxyl groups excluding tert-OH is 1. The number of aromatic hydroxyl groups is 1. The van der Waals surface area contributed by atoms with Crippen LogP contribution in [0.1, 0.15) is 34.2 Å². The molecule has 0 saturated carbocycles. The number of aromatic nitrogens is 1. The van der Waals surface area contributed by atoms with E-state index in [-0.39, 0.29) is 5.75 Å². The first-order valence-electron chi connectivity index (χ1n) is 7.47. The van der Waals surface area contributed by atoms with Gasteiger partial charge >= 0.3 is 0 Å². The molecule has 4 heteroatoms. The summed E-state index contributed by atoms with van der Waals surface area (Å²) in [6.45, 7) is 5.68. The lowest BCUT2D eigenvalue weighted by Crippen LogP contribution is -2.00. The third kappa shape index (κ3) is 2.98. The summed E-state index contributed by atoms with van der Waals surface area (Å²) in [5.74, 6) is 0.785. The molecule has 0 aliphatic heterocycles. The van der Waals surface area contributed by atoms with Crippen molar-refractivity contribution in [2.75, 3.05) is 0 Å². The molecule has 1 aromatic heterocycles. The van der Waals surface area contributed by atoms with E-state index >= 15 is 0 Å². The van der Waals surface area contributed by atoms with E-state index in [0.29, 0.717) is 11.3 Å². The monoisotopic (exact) mass is 309 g/mol. The number of hydrogen-bond acceptors (Lipinski definition) is 4. The molecular formula is C19H19NO3. The quantitative estimate of drug-likeness (QED) is 0.766. The number of aliphatic hydroxyl groups is 1. The molecule has 3 aromatic rings.